The van der Waals surface area contributed by atoms with E-state index < -0.39 is 6.10 Å². The van der Waals surface area contributed by atoms with Gasteiger partial charge in [-0.25, -0.2) is 0 Å². The molecule has 1 heteroatoms. The quantitative estimate of drug-likeness (QED) is 0.488. The molecule has 66 valence electrons. The number of aliphatic hydroxyl groups is 1. The third kappa shape index (κ3) is 4.79. The summed E-state index contributed by atoms with van der Waals surface area (Å²) in [6, 6.07) is 0. The number of hydrogen-bond acceptors (Lipinski definition) is 1. The first-order chi connectivity index (χ1) is 5.74. The van der Waals surface area contributed by atoms with Gasteiger partial charge in [0.25, 0.3) is 0 Å². The van der Waals surface area contributed by atoms with Crippen LogP contribution in [-0.2, 0) is 0 Å². The van der Waals surface area contributed by atoms with Crippen molar-refractivity contribution in [2.45, 2.75) is 38.7 Å². The maximum atomic E-state index is 9.13. The first-order valence-corrected chi connectivity index (χ1v) is 4.26. The Hall–Kier alpha value is -0.960. The van der Waals surface area contributed by atoms with Gasteiger partial charge in [-0.3, -0.25) is 0 Å². The van der Waals surface area contributed by atoms with E-state index in [0.29, 0.717) is 6.42 Å². The number of rotatable bonds is 5. The molecule has 0 amide bonds. The van der Waals surface area contributed by atoms with Gasteiger partial charge in [0, 0.05) is 6.42 Å². The summed E-state index contributed by atoms with van der Waals surface area (Å²) in [4.78, 5) is 0. The monoisotopic (exact) mass is 164 g/mol. The van der Waals surface area contributed by atoms with Crippen molar-refractivity contribution in [2.75, 3.05) is 0 Å². The molecule has 0 spiro atoms. The second kappa shape index (κ2) is 6.73. The predicted octanol–water partition coefficient (Wildman–Crippen LogP) is 2.27. The summed E-state index contributed by atoms with van der Waals surface area (Å²) in [6.07, 6.45) is 8.07. The van der Waals surface area contributed by atoms with Crippen LogP contribution in [0.15, 0.2) is 17.9 Å². The lowest BCUT2D eigenvalue weighted by Gasteiger charge is -2.05. The third-order valence-electron chi connectivity index (χ3n) is 1.71. The van der Waals surface area contributed by atoms with Crippen LogP contribution >= 0.6 is 0 Å². The Labute approximate surface area is 74.8 Å². The van der Waals surface area contributed by atoms with Crippen molar-refractivity contribution in [3.63, 3.8) is 0 Å². The molecule has 0 saturated heterocycles. The second-order valence-electron chi connectivity index (χ2n) is 2.77. The van der Waals surface area contributed by atoms with Crippen LogP contribution in [0.25, 0.3) is 0 Å². The summed E-state index contributed by atoms with van der Waals surface area (Å²) in [5.41, 5.74) is 3.84. The zero-order chi connectivity index (χ0) is 9.40. The van der Waals surface area contributed by atoms with Crippen LogP contribution in [0.1, 0.15) is 32.6 Å². The van der Waals surface area contributed by atoms with Gasteiger partial charge in [0.2, 0.25) is 0 Å². The van der Waals surface area contributed by atoms with E-state index in [0.717, 1.165) is 24.8 Å². The summed E-state index contributed by atoms with van der Waals surface area (Å²) in [7, 11) is 0. The molecule has 0 radical (unpaired) electrons. The highest BCUT2D eigenvalue weighted by Gasteiger charge is 2.02. The fraction of sp³-hybridized carbons (Fsp3) is 0.545. The van der Waals surface area contributed by atoms with Gasteiger partial charge in [-0.2, -0.15) is 0 Å². The molecule has 0 rings (SSSR count). The predicted molar refractivity (Wildman–Crippen MR) is 51.6 cm³/mol. The lowest BCUT2D eigenvalue weighted by Crippen LogP contribution is -2.03. The highest BCUT2D eigenvalue weighted by Crippen LogP contribution is 2.11. The molecular formula is C11H16O. The van der Waals surface area contributed by atoms with Crippen LogP contribution in [0, 0.1) is 12.3 Å². The zero-order valence-corrected chi connectivity index (χ0v) is 7.64. The number of hydrogen-bond donors (Lipinski definition) is 1. The lowest BCUT2D eigenvalue weighted by atomic mass is 10.0. The van der Waals surface area contributed by atoms with Crippen molar-refractivity contribution in [1.82, 2.24) is 0 Å². The zero-order valence-electron chi connectivity index (χ0n) is 7.64. The summed E-state index contributed by atoms with van der Waals surface area (Å²) in [5, 5.41) is 9.13. The number of aliphatic hydroxyl groups excluding tert-OH is 1. The first-order valence-electron chi connectivity index (χ1n) is 4.26. The first kappa shape index (κ1) is 11.0. The average molecular weight is 164 g/mol. The molecule has 0 heterocycles. The minimum Gasteiger partial charge on any atom is -0.380 e. The molecule has 0 aromatic heterocycles. The van der Waals surface area contributed by atoms with Gasteiger partial charge in [0.1, 0.15) is 6.10 Å². The Balaban J connectivity index is 3.87. The summed E-state index contributed by atoms with van der Waals surface area (Å²) in [5.74, 6) is 2.27. The van der Waals surface area contributed by atoms with Crippen LogP contribution in [0.5, 0.6) is 0 Å². The molecule has 0 bridgehead atoms. The van der Waals surface area contributed by atoms with Gasteiger partial charge in [0.05, 0.1) is 0 Å². The van der Waals surface area contributed by atoms with Crippen molar-refractivity contribution in [3.05, 3.63) is 17.9 Å². The van der Waals surface area contributed by atoms with Crippen LogP contribution in [0.2, 0.25) is 0 Å². The maximum Gasteiger partial charge on any atom is 0.118 e. The molecule has 0 aromatic rings. The van der Waals surface area contributed by atoms with Crippen LogP contribution in [-0.4, -0.2) is 11.2 Å². The van der Waals surface area contributed by atoms with Crippen molar-refractivity contribution >= 4 is 0 Å². The topological polar surface area (TPSA) is 20.2 Å². The summed E-state index contributed by atoms with van der Waals surface area (Å²) in [6.45, 7) is 5.68. The molecule has 0 aliphatic carbocycles. The number of terminal acetylenes is 1. The second-order valence-corrected chi connectivity index (χ2v) is 2.77. The molecular weight excluding hydrogens is 148 g/mol. The highest BCUT2D eigenvalue weighted by atomic mass is 16.3. The van der Waals surface area contributed by atoms with E-state index in [4.69, 9.17) is 11.5 Å². The molecule has 1 unspecified atom stereocenters. The van der Waals surface area contributed by atoms with Crippen LogP contribution in [0.4, 0.5) is 0 Å². The van der Waals surface area contributed by atoms with Gasteiger partial charge in [-0.15, -0.1) is 12.2 Å². The largest absolute Gasteiger partial charge is 0.380 e. The van der Waals surface area contributed by atoms with E-state index in [1.807, 2.05) is 0 Å². The Bertz CT molecular complexity index is 204. The molecule has 1 atom stereocenters. The van der Waals surface area contributed by atoms with Gasteiger partial charge in [0.15, 0.2) is 0 Å². The normalized spacial score (nSPS) is 11.4. The standard InChI is InChI=1S/C11H16O/c1-4-7-8-10(5-2)9-11(12)6-3/h3,11-12H,2,4,7-9H2,1H3. The van der Waals surface area contributed by atoms with Gasteiger partial charge in [-0.05, 0) is 18.4 Å². The van der Waals surface area contributed by atoms with Crippen molar-refractivity contribution in [1.29, 1.82) is 0 Å². The van der Waals surface area contributed by atoms with E-state index in [1.165, 1.54) is 0 Å². The molecule has 1 nitrogen and oxygen atoms in total. The molecule has 0 saturated carbocycles. The average Bonchev–Trinajstić information content (AvgIpc) is 2.11. The van der Waals surface area contributed by atoms with Crippen molar-refractivity contribution in [3.8, 4) is 12.3 Å². The van der Waals surface area contributed by atoms with Crippen LogP contribution < -0.4 is 0 Å². The molecule has 1 N–H and O–H groups in total. The van der Waals surface area contributed by atoms with Gasteiger partial charge in [-0.1, -0.05) is 25.8 Å². The lowest BCUT2D eigenvalue weighted by molar-refractivity contribution is 0.232. The maximum absolute atomic E-state index is 9.13. The van der Waals surface area contributed by atoms with Crippen LogP contribution in [0.3, 0.4) is 0 Å². The SMILES string of the molecule is C#CC(O)CC(=C=C)CCCC. The Kier molecular flexibility index (Phi) is 6.19. The van der Waals surface area contributed by atoms with Crippen molar-refractivity contribution < 1.29 is 5.11 Å². The van der Waals surface area contributed by atoms with E-state index in [1.54, 1.807) is 0 Å². The molecule has 12 heavy (non-hydrogen) atoms. The minimum atomic E-state index is -0.675. The minimum absolute atomic E-state index is 0.514. The van der Waals surface area contributed by atoms with E-state index in [2.05, 4.69) is 25.2 Å². The Morgan fingerprint density at radius 2 is 2.33 bits per heavy atom. The third-order valence-corrected chi connectivity index (χ3v) is 1.71. The van der Waals surface area contributed by atoms with Gasteiger partial charge >= 0.3 is 0 Å². The van der Waals surface area contributed by atoms with Gasteiger partial charge < -0.3 is 5.11 Å². The fourth-order valence-electron chi connectivity index (χ4n) is 0.945. The van der Waals surface area contributed by atoms with E-state index in [-0.39, 0.29) is 0 Å². The number of unbranched alkanes of at least 4 members (excludes halogenated alkanes) is 1. The summed E-state index contributed by atoms with van der Waals surface area (Å²) < 4.78 is 0. The smallest absolute Gasteiger partial charge is 0.118 e. The molecule has 0 fully saturated rings. The highest BCUT2D eigenvalue weighted by molar-refractivity contribution is 5.07. The Morgan fingerprint density at radius 1 is 1.67 bits per heavy atom. The Morgan fingerprint density at radius 3 is 2.75 bits per heavy atom. The van der Waals surface area contributed by atoms with E-state index >= 15 is 0 Å². The van der Waals surface area contributed by atoms with E-state index in [9.17, 15) is 0 Å². The van der Waals surface area contributed by atoms with Crippen molar-refractivity contribution in [2.24, 2.45) is 0 Å². The molecule has 0 aliphatic heterocycles. The fourth-order valence-corrected chi connectivity index (χ4v) is 0.945. The molecule has 0 aromatic carbocycles. The summed E-state index contributed by atoms with van der Waals surface area (Å²) >= 11 is 0. The molecule has 0 aliphatic rings.